The number of rotatable bonds is 6. The Balaban J connectivity index is 2.71. The molecule has 0 aliphatic carbocycles. The summed E-state index contributed by atoms with van der Waals surface area (Å²) >= 11 is 0. The molecule has 0 fully saturated rings. The zero-order valence-electron chi connectivity index (χ0n) is 12.0. The van der Waals surface area contributed by atoms with Crippen molar-refractivity contribution in [3.63, 3.8) is 0 Å². The number of methoxy groups -OCH3 is 1. The summed E-state index contributed by atoms with van der Waals surface area (Å²) in [6.07, 6.45) is 2.15. The van der Waals surface area contributed by atoms with Crippen LogP contribution in [-0.4, -0.2) is 19.1 Å². The minimum atomic E-state index is -0.656. The molecule has 0 heterocycles. The fourth-order valence-electron chi connectivity index (χ4n) is 1.82. The Hall–Kier alpha value is -1.58. The van der Waals surface area contributed by atoms with E-state index in [-0.39, 0.29) is 11.6 Å². The number of carbonyl (C=O) groups is 1. The lowest BCUT2D eigenvalue weighted by atomic mass is 10.0. The second-order valence-electron chi connectivity index (χ2n) is 5.20. The summed E-state index contributed by atoms with van der Waals surface area (Å²) in [5.74, 6) is -0.564. The third-order valence-corrected chi connectivity index (χ3v) is 2.96. The summed E-state index contributed by atoms with van der Waals surface area (Å²) in [4.78, 5) is 11.4. The van der Waals surface area contributed by atoms with Gasteiger partial charge in [0, 0.05) is 11.7 Å². The van der Waals surface area contributed by atoms with Crippen molar-refractivity contribution in [2.45, 2.75) is 39.7 Å². The summed E-state index contributed by atoms with van der Waals surface area (Å²) in [7, 11) is 1.24. The van der Waals surface area contributed by atoms with E-state index in [1.54, 1.807) is 6.07 Å². The van der Waals surface area contributed by atoms with Crippen molar-refractivity contribution >= 4 is 11.7 Å². The first-order valence-electron chi connectivity index (χ1n) is 6.58. The van der Waals surface area contributed by atoms with Gasteiger partial charge in [0.2, 0.25) is 0 Å². The number of benzene rings is 1. The summed E-state index contributed by atoms with van der Waals surface area (Å²) in [6.45, 7) is 6.43. The Bertz CT molecular complexity index is 432. The lowest BCUT2D eigenvalue weighted by Crippen LogP contribution is -2.16. The number of halogens is 1. The maximum Gasteiger partial charge on any atom is 0.340 e. The maximum absolute atomic E-state index is 13.5. The van der Waals surface area contributed by atoms with Crippen LogP contribution in [0.3, 0.4) is 0 Å². The molecule has 1 atom stereocenters. The van der Waals surface area contributed by atoms with Crippen LogP contribution in [0.2, 0.25) is 0 Å². The average molecular weight is 267 g/mol. The second kappa shape index (κ2) is 7.12. The van der Waals surface area contributed by atoms with Crippen LogP contribution in [0, 0.1) is 11.7 Å². The van der Waals surface area contributed by atoms with Gasteiger partial charge in [0.05, 0.1) is 12.7 Å². The number of hydrogen-bond acceptors (Lipinski definition) is 3. The van der Waals surface area contributed by atoms with Crippen LogP contribution in [0.5, 0.6) is 0 Å². The van der Waals surface area contributed by atoms with Crippen LogP contribution in [0.4, 0.5) is 10.1 Å². The van der Waals surface area contributed by atoms with E-state index in [0.717, 1.165) is 18.5 Å². The van der Waals surface area contributed by atoms with Crippen molar-refractivity contribution < 1.29 is 13.9 Å². The van der Waals surface area contributed by atoms with E-state index in [1.165, 1.54) is 19.2 Å². The predicted octanol–water partition coefficient (Wildman–Crippen LogP) is 3.85. The summed E-state index contributed by atoms with van der Waals surface area (Å²) in [6, 6.07) is 4.68. The summed E-state index contributed by atoms with van der Waals surface area (Å²) < 4.78 is 18.0. The summed E-state index contributed by atoms with van der Waals surface area (Å²) in [5, 5.41) is 3.27. The van der Waals surface area contributed by atoms with E-state index in [4.69, 9.17) is 0 Å². The van der Waals surface area contributed by atoms with Gasteiger partial charge in [-0.25, -0.2) is 9.18 Å². The first kappa shape index (κ1) is 15.5. The average Bonchev–Trinajstić information content (AvgIpc) is 2.37. The van der Waals surface area contributed by atoms with Crippen LogP contribution >= 0.6 is 0 Å². The highest BCUT2D eigenvalue weighted by molar-refractivity contribution is 5.90. The normalized spacial score (nSPS) is 12.3. The molecule has 4 heteroatoms. The molecule has 0 amide bonds. The minimum Gasteiger partial charge on any atom is -0.465 e. The van der Waals surface area contributed by atoms with E-state index in [0.29, 0.717) is 5.92 Å². The molecule has 0 aromatic heterocycles. The summed E-state index contributed by atoms with van der Waals surface area (Å²) in [5.41, 5.74) is 0.696. The van der Waals surface area contributed by atoms with Gasteiger partial charge in [-0.2, -0.15) is 0 Å². The molecule has 1 N–H and O–H groups in total. The highest BCUT2D eigenvalue weighted by atomic mass is 19.1. The van der Waals surface area contributed by atoms with Gasteiger partial charge in [-0.05, 0) is 43.9 Å². The topological polar surface area (TPSA) is 38.3 Å². The maximum atomic E-state index is 13.5. The molecule has 106 valence electrons. The Kier molecular flexibility index (Phi) is 5.80. The molecule has 1 unspecified atom stereocenters. The molecule has 19 heavy (non-hydrogen) atoms. The molecule has 1 aromatic carbocycles. The van der Waals surface area contributed by atoms with E-state index >= 15 is 0 Å². The fourth-order valence-corrected chi connectivity index (χ4v) is 1.82. The third-order valence-electron chi connectivity index (χ3n) is 2.96. The molecule has 0 bridgehead atoms. The van der Waals surface area contributed by atoms with Gasteiger partial charge in [-0.15, -0.1) is 0 Å². The van der Waals surface area contributed by atoms with E-state index < -0.39 is 11.8 Å². The number of nitrogens with one attached hydrogen (secondary N) is 1. The van der Waals surface area contributed by atoms with E-state index in [9.17, 15) is 9.18 Å². The van der Waals surface area contributed by atoms with Crippen LogP contribution in [0.25, 0.3) is 0 Å². The van der Waals surface area contributed by atoms with Gasteiger partial charge in [0.15, 0.2) is 0 Å². The first-order valence-corrected chi connectivity index (χ1v) is 6.58. The molecular weight excluding hydrogens is 245 g/mol. The molecule has 0 aliphatic rings. The monoisotopic (exact) mass is 267 g/mol. The Morgan fingerprint density at radius 2 is 2.00 bits per heavy atom. The highest BCUT2D eigenvalue weighted by Gasteiger charge is 2.13. The van der Waals surface area contributed by atoms with Crippen LogP contribution < -0.4 is 5.32 Å². The number of anilines is 1. The van der Waals surface area contributed by atoms with Crippen LogP contribution in [-0.2, 0) is 4.74 Å². The second-order valence-corrected chi connectivity index (χ2v) is 5.20. The number of hydrogen-bond donors (Lipinski definition) is 1. The standard InChI is InChI=1S/C15H22FNO2/c1-10(2)5-6-11(3)17-12-7-8-14(16)13(9-12)15(18)19-4/h7-11,17H,5-6H2,1-4H3. The Morgan fingerprint density at radius 3 is 2.58 bits per heavy atom. The minimum absolute atomic E-state index is 0.0384. The van der Waals surface area contributed by atoms with Crippen molar-refractivity contribution in [3.8, 4) is 0 Å². The number of ether oxygens (including phenoxy) is 1. The van der Waals surface area contributed by atoms with Crippen molar-refractivity contribution in [1.29, 1.82) is 0 Å². The quantitative estimate of drug-likeness (QED) is 0.796. The Labute approximate surface area is 114 Å². The van der Waals surface area contributed by atoms with Crippen molar-refractivity contribution in [1.82, 2.24) is 0 Å². The number of esters is 1. The molecule has 0 saturated carbocycles. The van der Waals surface area contributed by atoms with Gasteiger partial charge < -0.3 is 10.1 Å². The molecule has 1 rings (SSSR count). The Morgan fingerprint density at radius 1 is 1.32 bits per heavy atom. The zero-order valence-corrected chi connectivity index (χ0v) is 12.0. The predicted molar refractivity (Wildman–Crippen MR) is 74.9 cm³/mol. The van der Waals surface area contributed by atoms with Crippen molar-refractivity contribution in [3.05, 3.63) is 29.6 Å². The van der Waals surface area contributed by atoms with Gasteiger partial charge in [-0.1, -0.05) is 13.8 Å². The molecular formula is C15H22FNO2. The molecule has 0 radical (unpaired) electrons. The molecule has 1 aromatic rings. The molecule has 3 nitrogen and oxygen atoms in total. The first-order chi connectivity index (χ1) is 8.93. The van der Waals surface area contributed by atoms with Crippen molar-refractivity contribution in [2.75, 3.05) is 12.4 Å². The number of carbonyl (C=O) groups excluding carboxylic acids is 1. The smallest absolute Gasteiger partial charge is 0.340 e. The third kappa shape index (κ3) is 4.89. The largest absolute Gasteiger partial charge is 0.465 e. The van der Waals surface area contributed by atoms with Gasteiger partial charge in [0.25, 0.3) is 0 Å². The zero-order chi connectivity index (χ0) is 14.4. The molecule has 0 spiro atoms. The van der Waals surface area contributed by atoms with E-state index in [1.807, 2.05) is 0 Å². The fraction of sp³-hybridized carbons (Fsp3) is 0.533. The van der Waals surface area contributed by atoms with E-state index in [2.05, 4.69) is 30.8 Å². The van der Waals surface area contributed by atoms with Gasteiger partial charge >= 0.3 is 5.97 Å². The van der Waals surface area contributed by atoms with Gasteiger partial charge in [-0.3, -0.25) is 0 Å². The lowest BCUT2D eigenvalue weighted by Gasteiger charge is -2.17. The molecule has 0 saturated heterocycles. The van der Waals surface area contributed by atoms with Crippen LogP contribution in [0.1, 0.15) is 44.0 Å². The highest BCUT2D eigenvalue weighted by Crippen LogP contribution is 2.18. The molecule has 0 aliphatic heterocycles. The lowest BCUT2D eigenvalue weighted by molar-refractivity contribution is 0.0595. The van der Waals surface area contributed by atoms with Crippen molar-refractivity contribution in [2.24, 2.45) is 5.92 Å². The van der Waals surface area contributed by atoms with Gasteiger partial charge in [0.1, 0.15) is 5.82 Å². The SMILES string of the molecule is COC(=O)c1cc(NC(C)CCC(C)C)ccc1F. The van der Waals surface area contributed by atoms with Crippen LogP contribution in [0.15, 0.2) is 18.2 Å².